The predicted molar refractivity (Wildman–Crippen MR) is 148 cm³/mol. The molecule has 3 rings (SSSR count). The Morgan fingerprint density at radius 3 is 2.54 bits per heavy atom. The molecule has 6 atom stereocenters. The largest absolute Gasteiger partial charge is 0.396 e. The first-order valence-electron chi connectivity index (χ1n) is 13.6. The normalized spacial score (nSPS) is 26.1. The number of allylic oxidation sites excluding steroid dienone is 1. The van der Waals surface area contributed by atoms with Crippen molar-refractivity contribution in [1.29, 1.82) is 0 Å². The van der Waals surface area contributed by atoms with E-state index >= 15 is 0 Å². The first-order chi connectivity index (χ1) is 16.6. The molecule has 1 aliphatic carbocycles. The van der Waals surface area contributed by atoms with Gasteiger partial charge in [0.2, 0.25) is 0 Å². The van der Waals surface area contributed by atoms with Crippen LogP contribution in [0.2, 0.25) is 0 Å². The number of aliphatic hydroxyl groups excluding tert-OH is 2. The van der Waals surface area contributed by atoms with Gasteiger partial charge in [-0.15, -0.1) is 0 Å². The zero-order valence-electron chi connectivity index (χ0n) is 22.5. The van der Waals surface area contributed by atoms with Gasteiger partial charge in [0.05, 0.1) is 0 Å². The van der Waals surface area contributed by atoms with Crippen molar-refractivity contribution in [1.82, 2.24) is 0 Å². The summed E-state index contributed by atoms with van der Waals surface area (Å²) < 4.78 is 0. The van der Waals surface area contributed by atoms with Crippen LogP contribution in [0.3, 0.4) is 0 Å². The van der Waals surface area contributed by atoms with Gasteiger partial charge in [-0.05, 0) is 72.1 Å². The molecule has 1 fully saturated rings. The Morgan fingerprint density at radius 2 is 1.94 bits per heavy atom. The SMILES string of the molecule is C=C(C(CC)CO)C(O)c1ccc2c(c1)N(CCN)C(=C)C2C(=C)[C@@H]1C[C@H](C)CCC1CC(C)C. The molecule has 2 aliphatic rings. The van der Waals surface area contributed by atoms with Crippen molar-refractivity contribution in [3.8, 4) is 0 Å². The molecule has 0 aromatic heterocycles. The summed E-state index contributed by atoms with van der Waals surface area (Å²) in [5, 5.41) is 20.8. The molecular weight excluding hydrogens is 432 g/mol. The number of benzene rings is 1. The van der Waals surface area contributed by atoms with Gasteiger partial charge in [-0.25, -0.2) is 0 Å². The molecular formula is C31H48N2O2. The van der Waals surface area contributed by atoms with E-state index in [9.17, 15) is 10.2 Å². The van der Waals surface area contributed by atoms with E-state index in [-0.39, 0.29) is 18.4 Å². The molecule has 1 saturated carbocycles. The molecule has 0 spiro atoms. The number of nitrogens with zero attached hydrogens (tertiary/aromatic N) is 1. The first-order valence-corrected chi connectivity index (χ1v) is 13.6. The second-order valence-electron chi connectivity index (χ2n) is 11.4. The van der Waals surface area contributed by atoms with Gasteiger partial charge in [0.1, 0.15) is 6.10 Å². The van der Waals surface area contributed by atoms with Crippen molar-refractivity contribution >= 4 is 5.69 Å². The van der Waals surface area contributed by atoms with Crippen LogP contribution in [0.15, 0.2) is 54.8 Å². The molecule has 0 bridgehead atoms. The molecule has 35 heavy (non-hydrogen) atoms. The topological polar surface area (TPSA) is 69.7 Å². The van der Waals surface area contributed by atoms with Crippen molar-refractivity contribution in [3.05, 3.63) is 65.9 Å². The number of anilines is 1. The van der Waals surface area contributed by atoms with Crippen LogP contribution in [0.5, 0.6) is 0 Å². The maximum absolute atomic E-state index is 11.1. The van der Waals surface area contributed by atoms with Crippen molar-refractivity contribution in [2.24, 2.45) is 35.3 Å². The number of rotatable bonds is 11. The van der Waals surface area contributed by atoms with E-state index in [2.05, 4.69) is 51.0 Å². The minimum atomic E-state index is -0.817. The van der Waals surface area contributed by atoms with Crippen molar-refractivity contribution in [2.45, 2.75) is 71.8 Å². The van der Waals surface area contributed by atoms with Crippen molar-refractivity contribution < 1.29 is 10.2 Å². The highest BCUT2D eigenvalue weighted by molar-refractivity contribution is 5.71. The molecule has 0 amide bonds. The zero-order chi connectivity index (χ0) is 25.9. The van der Waals surface area contributed by atoms with Gasteiger partial charge in [-0.2, -0.15) is 0 Å². The van der Waals surface area contributed by atoms with E-state index in [0.29, 0.717) is 36.4 Å². The minimum Gasteiger partial charge on any atom is -0.396 e. The summed E-state index contributed by atoms with van der Waals surface area (Å²) in [5.74, 6) is 2.53. The number of hydrogen-bond acceptors (Lipinski definition) is 4. The Bertz CT molecular complexity index is 917. The van der Waals surface area contributed by atoms with E-state index in [1.165, 1.54) is 36.8 Å². The average molecular weight is 481 g/mol. The Balaban J connectivity index is 1.96. The number of hydrogen-bond donors (Lipinski definition) is 3. The Kier molecular flexibility index (Phi) is 9.42. The van der Waals surface area contributed by atoms with Crippen LogP contribution >= 0.6 is 0 Å². The molecule has 4 unspecified atom stereocenters. The molecule has 1 aliphatic heterocycles. The summed E-state index contributed by atoms with van der Waals surface area (Å²) in [4.78, 5) is 2.22. The molecule has 4 nitrogen and oxygen atoms in total. The lowest BCUT2D eigenvalue weighted by molar-refractivity contribution is 0.173. The minimum absolute atomic E-state index is 0.00725. The third-order valence-electron chi connectivity index (χ3n) is 8.47. The monoisotopic (exact) mass is 480 g/mol. The Hall–Kier alpha value is -1.88. The third-order valence-corrected chi connectivity index (χ3v) is 8.47. The Labute approximate surface area is 213 Å². The molecule has 194 valence electrons. The molecule has 0 saturated heterocycles. The lowest BCUT2D eigenvalue weighted by Crippen LogP contribution is -2.30. The summed E-state index contributed by atoms with van der Waals surface area (Å²) in [6, 6.07) is 6.22. The van der Waals surface area contributed by atoms with Crippen LogP contribution in [0.1, 0.15) is 82.9 Å². The van der Waals surface area contributed by atoms with Gasteiger partial charge in [-0.3, -0.25) is 0 Å². The smallest absolute Gasteiger partial charge is 0.100 e. The highest BCUT2D eigenvalue weighted by Crippen LogP contribution is 2.52. The maximum atomic E-state index is 11.1. The summed E-state index contributed by atoms with van der Waals surface area (Å²) in [6.45, 7) is 23.6. The zero-order valence-corrected chi connectivity index (χ0v) is 22.5. The maximum Gasteiger partial charge on any atom is 0.100 e. The van der Waals surface area contributed by atoms with E-state index in [4.69, 9.17) is 12.3 Å². The van der Waals surface area contributed by atoms with Crippen LogP contribution in [-0.2, 0) is 0 Å². The molecule has 1 aromatic carbocycles. The molecule has 4 N–H and O–H groups in total. The number of nitrogens with two attached hydrogens (primary N) is 1. The van der Waals surface area contributed by atoms with E-state index in [1.807, 2.05) is 13.0 Å². The second-order valence-corrected chi connectivity index (χ2v) is 11.4. The van der Waals surface area contributed by atoms with Gasteiger partial charge >= 0.3 is 0 Å². The Morgan fingerprint density at radius 1 is 1.23 bits per heavy atom. The fourth-order valence-electron chi connectivity index (χ4n) is 6.45. The summed E-state index contributed by atoms with van der Waals surface area (Å²) in [7, 11) is 0. The second kappa shape index (κ2) is 11.9. The van der Waals surface area contributed by atoms with Gasteiger partial charge in [0, 0.05) is 42.9 Å². The third kappa shape index (κ3) is 5.76. The summed E-state index contributed by atoms with van der Waals surface area (Å²) in [6.07, 6.45) is 4.95. The fourth-order valence-corrected chi connectivity index (χ4v) is 6.45. The van der Waals surface area contributed by atoms with Gasteiger partial charge in [-0.1, -0.05) is 71.6 Å². The highest BCUT2D eigenvalue weighted by atomic mass is 16.3. The standard InChI is InChI=1S/C31H48N2O2/c1-8-24(18-34)21(5)31(35)26-11-12-27-29(17-26)33(14-13-32)23(7)30(27)22(6)28-16-20(4)9-10-25(28)15-19(2)3/h11-12,17,19-20,24-25,28,30-31,34-35H,5-10,13-16,18,32H2,1-4H3/t20-,24?,25?,28+,30?,31?/m1/s1. The summed E-state index contributed by atoms with van der Waals surface area (Å²) in [5.41, 5.74) is 12.1. The van der Waals surface area contributed by atoms with Gasteiger partial charge in [0.15, 0.2) is 0 Å². The quantitative estimate of drug-likeness (QED) is 0.324. The van der Waals surface area contributed by atoms with E-state index in [0.717, 1.165) is 29.3 Å². The van der Waals surface area contributed by atoms with E-state index < -0.39 is 6.10 Å². The number of aliphatic hydroxyl groups is 2. The molecule has 0 radical (unpaired) electrons. The lowest BCUT2D eigenvalue weighted by atomic mass is 9.66. The highest BCUT2D eigenvalue weighted by Gasteiger charge is 2.40. The van der Waals surface area contributed by atoms with Gasteiger partial charge in [0.25, 0.3) is 0 Å². The fraction of sp³-hybridized carbons (Fsp3) is 0.613. The van der Waals surface area contributed by atoms with Crippen LogP contribution in [0, 0.1) is 29.6 Å². The van der Waals surface area contributed by atoms with Crippen LogP contribution in [0.4, 0.5) is 5.69 Å². The number of fused-ring (bicyclic) bond motifs is 1. The van der Waals surface area contributed by atoms with Crippen LogP contribution in [-0.4, -0.2) is 29.9 Å². The molecule has 1 heterocycles. The van der Waals surface area contributed by atoms with Crippen molar-refractivity contribution in [2.75, 3.05) is 24.6 Å². The van der Waals surface area contributed by atoms with Crippen LogP contribution in [0.25, 0.3) is 0 Å². The van der Waals surface area contributed by atoms with Crippen LogP contribution < -0.4 is 10.6 Å². The van der Waals surface area contributed by atoms with Gasteiger partial charge < -0.3 is 20.8 Å². The summed E-state index contributed by atoms with van der Waals surface area (Å²) >= 11 is 0. The van der Waals surface area contributed by atoms with Crippen molar-refractivity contribution in [3.63, 3.8) is 0 Å². The first kappa shape index (κ1) is 27.7. The van der Waals surface area contributed by atoms with E-state index in [1.54, 1.807) is 0 Å². The lowest BCUT2D eigenvalue weighted by Gasteiger charge is -2.39. The average Bonchev–Trinajstić information content (AvgIpc) is 3.10. The molecule has 4 heteroatoms. The predicted octanol–water partition coefficient (Wildman–Crippen LogP) is 6.33. The molecule has 1 aromatic rings.